The van der Waals surface area contributed by atoms with Gasteiger partial charge < -0.3 is 5.32 Å². The van der Waals surface area contributed by atoms with Gasteiger partial charge in [0.1, 0.15) is 12.1 Å². The Morgan fingerprint density at radius 3 is 2.76 bits per heavy atom. The van der Waals surface area contributed by atoms with Crippen LogP contribution in [0.1, 0.15) is 45.4 Å². The van der Waals surface area contributed by atoms with Crippen molar-refractivity contribution < 1.29 is 0 Å². The second-order valence-electron chi connectivity index (χ2n) is 4.87. The minimum Gasteiger partial charge on any atom is -0.366 e. The van der Waals surface area contributed by atoms with Crippen molar-refractivity contribution in [1.29, 1.82) is 0 Å². The molecule has 0 radical (unpaired) electrons. The predicted molar refractivity (Wildman–Crippen MR) is 79.0 cm³/mol. The van der Waals surface area contributed by atoms with Crippen molar-refractivity contribution in [3.63, 3.8) is 0 Å². The van der Waals surface area contributed by atoms with Crippen molar-refractivity contribution in [3.05, 3.63) is 16.1 Å². The normalized spacial score (nSPS) is 24.6. The van der Waals surface area contributed by atoms with Crippen LogP contribution in [0.2, 0.25) is 0 Å². The summed E-state index contributed by atoms with van der Waals surface area (Å²) >= 11 is 2.29. The monoisotopic (exact) mass is 345 g/mol. The zero-order valence-electron chi connectivity index (χ0n) is 10.3. The Morgan fingerprint density at radius 1 is 1.35 bits per heavy atom. The van der Waals surface area contributed by atoms with Crippen LogP contribution in [0.5, 0.6) is 0 Å². The second-order valence-corrected chi connectivity index (χ2v) is 6.03. The first-order valence-corrected chi connectivity index (χ1v) is 7.59. The van der Waals surface area contributed by atoms with Crippen LogP contribution >= 0.6 is 22.6 Å². The number of rotatable bonds is 4. The molecule has 0 aromatic carbocycles. The Morgan fingerprint density at radius 2 is 2.12 bits per heavy atom. The van der Waals surface area contributed by atoms with Crippen LogP contribution in [0.25, 0.3) is 0 Å². The molecule has 0 spiro atoms. The number of hydrogen-bond donors (Lipinski definition) is 1. The molecule has 17 heavy (non-hydrogen) atoms. The van der Waals surface area contributed by atoms with E-state index >= 15 is 0 Å². The number of nitrogens with one attached hydrogen (secondary N) is 1. The molecule has 94 valence electrons. The third-order valence-electron chi connectivity index (χ3n) is 3.55. The summed E-state index contributed by atoms with van der Waals surface area (Å²) in [6.07, 6.45) is 11.5. The topological polar surface area (TPSA) is 37.8 Å². The molecule has 0 amide bonds. The molecular weight excluding hydrogens is 325 g/mol. The maximum absolute atomic E-state index is 4.30. The van der Waals surface area contributed by atoms with Gasteiger partial charge in [-0.25, -0.2) is 9.97 Å². The molecule has 0 atom stereocenters. The van der Waals surface area contributed by atoms with Crippen LogP contribution in [0.3, 0.4) is 0 Å². The van der Waals surface area contributed by atoms with Gasteiger partial charge in [-0.15, -0.1) is 0 Å². The number of aromatic nitrogens is 2. The summed E-state index contributed by atoms with van der Waals surface area (Å²) in [6.45, 7) is 2.29. The molecule has 1 aliphatic carbocycles. The first-order chi connectivity index (χ1) is 8.29. The highest BCUT2D eigenvalue weighted by Crippen LogP contribution is 2.29. The fourth-order valence-corrected chi connectivity index (χ4v) is 3.07. The first kappa shape index (κ1) is 13.1. The maximum Gasteiger partial charge on any atom is 0.143 e. The average molecular weight is 345 g/mol. The summed E-state index contributed by atoms with van der Waals surface area (Å²) < 4.78 is 1.11. The largest absolute Gasteiger partial charge is 0.366 e. The lowest BCUT2D eigenvalue weighted by molar-refractivity contribution is 0.318. The van der Waals surface area contributed by atoms with E-state index < -0.39 is 0 Å². The number of halogens is 1. The minimum absolute atomic E-state index is 0.603. The van der Waals surface area contributed by atoms with E-state index in [-0.39, 0.29) is 0 Å². The molecule has 1 saturated carbocycles. The zero-order valence-corrected chi connectivity index (χ0v) is 12.5. The van der Waals surface area contributed by atoms with E-state index in [0.717, 1.165) is 15.3 Å². The summed E-state index contributed by atoms with van der Waals surface area (Å²) in [4.78, 5) is 8.31. The third kappa shape index (κ3) is 3.79. The average Bonchev–Trinajstić information content (AvgIpc) is 2.35. The van der Waals surface area contributed by atoms with E-state index in [4.69, 9.17) is 0 Å². The summed E-state index contributed by atoms with van der Waals surface area (Å²) in [6, 6.07) is 0.603. The SMILES string of the molecule is CCCC1CCC(Nc2ncncc2I)CC1. The highest BCUT2D eigenvalue weighted by molar-refractivity contribution is 14.1. The van der Waals surface area contributed by atoms with Crippen molar-refractivity contribution in [3.8, 4) is 0 Å². The van der Waals surface area contributed by atoms with E-state index in [1.54, 1.807) is 6.33 Å². The van der Waals surface area contributed by atoms with Gasteiger partial charge >= 0.3 is 0 Å². The van der Waals surface area contributed by atoms with Crippen LogP contribution in [-0.2, 0) is 0 Å². The molecule has 3 nitrogen and oxygen atoms in total. The van der Waals surface area contributed by atoms with Crippen molar-refractivity contribution in [2.75, 3.05) is 5.32 Å². The Labute approximate surface area is 117 Å². The lowest BCUT2D eigenvalue weighted by Gasteiger charge is -2.29. The summed E-state index contributed by atoms with van der Waals surface area (Å²) in [5, 5.41) is 3.55. The van der Waals surface area contributed by atoms with Gasteiger partial charge in [-0.1, -0.05) is 19.8 Å². The predicted octanol–water partition coefficient (Wildman–Crippen LogP) is 3.85. The van der Waals surface area contributed by atoms with Gasteiger partial charge in [0, 0.05) is 12.2 Å². The van der Waals surface area contributed by atoms with Gasteiger partial charge in [0.15, 0.2) is 0 Å². The molecule has 1 aliphatic rings. The highest BCUT2D eigenvalue weighted by atomic mass is 127. The van der Waals surface area contributed by atoms with Crippen molar-refractivity contribution in [1.82, 2.24) is 9.97 Å². The lowest BCUT2D eigenvalue weighted by atomic mass is 9.83. The van der Waals surface area contributed by atoms with Gasteiger partial charge in [-0.2, -0.15) is 0 Å². The summed E-state index contributed by atoms with van der Waals surface area (Å²) in [5.41, 5.74) is 0. The molecule has 2 rings (SSSR count). The van der Waals surface area contributed by atoms with Gasteiger partial charge in [0.2, 0.25) is 0 Å². The number of nitrogens with zero attached hydrogens (tertiary/aromatic N) is 2. The molecule has 0 bridgehead atoms. The Bertz CT molecular complexity index is 348. The summed E-state index contributed by atoms with van der Waals surface area (Å²) in [7, 11) is 0. The van der Waals surface area contributed by atoms with Crippen LogP contribution in [0, 0.1) is 9.49 Å². The zero-order chi connectivity index (χ0) is 12.1. The molecule has 1 N–H and O–H groups in total. The van der Waals surface area contributed by atoms with E-state index in [9.17, 15) is 0 Å². The molecule has 0 unspecified atom stereocenters. The van der Waals surface area contributed by atoms with Crippen molar-refractivity contribution >= 4 is 28.4 Å². The molecule has 1 heterocycles. The fraction of sp³-hybridized carbons (Fsp3) is 0.692. The smallest absolute Gasteiger partial charge is 0.143 e. The molecule has 4 heteroatoms. The fourth-order valence-electron chi connectivity index (χ4n) is 2.62. The maximum atomic E-state index is 4.30. The van der Waals surface area contributed by atoms with Crippen LogP contribution in [0.4, 0.5) is 5.82 Å². The second kappa shape index (κ2) is 6.52. The number of anilines is 1. The van der Waals surface area contributed by atoms with Crippen LogP contribution in [-0.4, -0.2) is 16.0 Å². The van der Waals surface area contributed by atoms with E-state index in [2.05, 4.69) is 44.8 Å². The van der Waals surface area contributed by atoms with Gasteiger partial charge in [-0.05, 0) is 54.2 Å². The van der Waals surface area contributed by atoms with Gasteiger partial charge in [0.05, 0.1) is 3.57 Å². The van der Waals surface area contributed by atoms with Gasteiger partial charge in [0.25, 0.3) is 0 Å². The highest BCUT2D eigenvalue weighted by Gasteiger charge is 2.21. The molecule has 1 aromatic rings. The lowest BCUT2D eigenvalue weighted by Crippen LogP contribution is -2.26. The quantitative estimate of drug-likeness (QED) is 0.843. The van der Waals surface area contributed by atoms with E-state index in [1.165, 1.54) is 38.5 Å². The van der Waals surface area contributed by atoms with E-state index in [1.807, 2.05) is 6.20 Å². The molecular formula is C13H20IN3. The van der Waals surface area contributed by atoms with Crippen LogP contribution in [0.15, 0.2) is 12.5 Å². The van der Waals surface area contributed by atoms with Gasteiger partial charge in [-0.3, -0.25) is 0 Å². The summed E-state index contributed by atoms with van der Waals surface area (Å²) in [5.74, 6) is 1.96. The standard InChI is InChI=1S/C13H20IN3/c1-2-3-10-4-6-11(7-5-10)17-13-12(14)8-15-9-16-13/h8-11H,2-7H2,1H3,(H,15,16,17). The van der Waals surface area contributed by atoms with Crippen molar-refractivity contribution in [2.45, 2.75) is 51.5 Å². The van der Waals surface area contributed by atoms with E-state index in [0.29, 0.717) is 6.04 Å². The molecule has 0 saturated heterocycles. The Balaban J connectivity index is 1.84. The molecule has 1 aromatic heterocycles. The Kier molecular flexibility index (Phi) is 5.00. The number of hydrogen-bond acceptors (Lipinski definition) is 3. The Hall–Kier alpha value is -0.390. The third-order valence-corrected chi connectivity index (χ3v) is 4.34. The molecule has 1 fully saturated rings. The minimum atomic E-state index is 0.603. The molecule has 0 aliphatic heterocycles. The van der Waals surface area contributed by atoms with Crippen molar-refractivity contribution in [2.24, 2.45) is 5.92 Å². The van der Waals surface area contributed by atoms with Crippen LogP contribution < -0.4 is 5.32 Å². The first-order valence-electron chi connectivity index (χ1n) is 6.51.